The minimum atomic E-state index is 0.144. The molecular formula is C9H17N3O. The number of rotatable bonds is 1. The molecule has 74 valence electrons. The van der Waals surface area contributed by atoms with Gasteiger partial charge in [-0.2, -0.15) is 0 Å². The molecule has 3 N–H and O–H groups in total. The van der Waals surface area contributed by atoms with Crippen LogP contribution in [0, 0.1) is 0 Å². The van der Waals surface area contributed by atoms with Crippen LogP contribution in [0.3, 0.4) is 0 Å². The molecule has 1 amide bonds. The van der Waals surface area contributed by atoms with E-state index in [2.05, 4.69) is 10.2 Å². The Labute approximate surface area is 78.5 Å². The Morgan fingerprint density at radius 1 is 1.46 bits per heavy atom. The number of carbonyl (C=O) groups excluding carboxylic acids is 1. The first-order valence-corrected chi connectivity index (χ1v) is 5.04. The van der Waals surface area contributed by atoms with E-state index >= 15 is 0 Å². The number of carbonyl (C=O) groups is 1. The lowest BCUT2D eigenvalue weighted by atomic mass is 10.1. The third-order valence-electron chi connectivity index (χ3n) is 3.07. The minimum absolute atomic E-state index is 0.144. The average molecular weight is 183 g/mol. The molecule has 2 rings (SSSR count). The van der Waals surface area contributed by atoms with Crippen LogP contribution in [0.2, 0.25) is 0 Å². The molecule has 0 aromatic rings. The third kappa shape index (κ3) is 1.84. The van der Waals surface area contributed by atoms with Crippen molar-refractivity contribution in [3.8, 4) is 0 Å². The van der Waals surface area contributed by atoms with Crippen molar-refractivity contribution in [2.75, 3.05) is 19.6 Å². The van der Waals surface area contributed by atoms with Gasteiger partial charge in [0.25, 0.3) is 0 Å². The first-order valence-electron chi connectivity index (χ1n) is 5.04. The second-order valence-electron chi connectivity index (χ2n) is 3.98. The highest BCUT2D eigenvalue weighted by Crippen LogP contribution is 2.22. The fourth-order valence-electron chi connectivity index (χ4n) is 2.36. The van der Waals surface area contributed by atoms with Crippen LogP contribution in [0.1, 0.15) is 19.3 Å². The quantitative estimate of drug-likeness (QED) is 0.565. The van der Waals surface area contributed by atoms with E-state index in [0.29, 0.717) is 12.6 Å². The standard InChI is InChI=1S/C9H17N3O/c10-7-2-1-3-8(7)12-5-4-11-9(13)6-12/h7-8H,1-6,10H2,(H,11,13). The van der Waals surface area contributed by atoms with E-state index in [-0.39, 0.29) is 11.9 Å². The minimum Gasteiger partial charge on any atom is -0.354 e. The van der Waals surface area contributed by atoms with Crippen molar-refractivity contribution in [2.45, 2.75) is 31.3 Å². The van der Waals surface area contributed by atoms with E-state index in [1.54, 1.807) is 0 Å². The fraction of sp³-hybridized carbons (Fsp3) is 0.889. The van der Waals surface area contributed by atoms with E-state index in [1.807, 2.05) is 0 Å². The molecule has 2 unspecified atom stereocenters. The fourth-order valence-corrected chi connectivity index (χ4v) is 2.36. The van der Waals surface area contributed by atoms with E-state index in [1.165, 1.54) is 6.42 Å². The average Bonchev–Trinajstić information content (AvgIpc) is 2.51. The predicted molar refractivity (Wildman–Crippen MR) is 50.2 cm³/mol. The SMILES string of the molecule is NC1CCCC1N1CCNC(=O)C1. The third-order valence-corrected chi connectivity index (χ3v) is 3.07. The van der Waals surface area contributed by atoms with Crippen molar-refractivity contribution >= 4 is 5.91 Å². The van der Waals surface area contributed by atoms with Crippen molar-refractivity contribution < 1.29 is 4.79 Å². The summed E-state index contributed by atoms with van der Waals surface area (Å²) in [6.07, 6.45) is 3.49. The molecular weight excluding hydrogens is 166 g/mol. The number of hydrogen-bond acceptors (Lipinski definition) is 3. The van der Waals surface area contributed by atoms with Crippen LogP contribution >= 0.6 is 0 Å². The Kier molecular flexibility index (Phi) is 2.51. The normalized spacial score (nSPS) is 36.2. The number of amides is 1. The van der Waals surface area contributed by atoms with Crippen molar-refractivity contribution in [1.29, 1.82) is 0 Å². The summed E-state index contributed by atoms with van der Waals surface area (Å²) >= 11 is 0. The van der Waals surface area contributed by atoms with Crippen molar-refractivity contribution in [3.05, 3.63) is 0 Å². The Morgan fingerprint density at radius 2 is 2.31 bits per heavy atom. The van der Waals surface area contributed by atoms with Crippen LogP contribution < -0.4 is 11.1 Å². The highest BCUT2D eigenvalue weighted by molar-refractivity contribution is 5.78. The monoisotopic (exact) mass is 183 g/mol. The summed E-state index contributed by atoms with van der Waals surface area (Å²) in [6.45, 7) is 2.28. The number of nitrogens with two attached hydrogens (primary N) is 1. The van der Waals surface area contributed by atoms with Crippen molar-refractivity contribution in [3.63, 3.8) is 0 Å². The van der Waals surface area contributed by atoms with Gasteiger partial charge >= 0.3 is 0 Å². The van der Waals surface area contributed by atoms with Gasteiger partial charge in [-0.15, -0.1) is 0 Å². The zero-order valence-corrected chi connectivity index (χ0v) is 7.83. The van der Waals surface area contributed by atoms with Gasteiger partial charge in [0, 0.05) is 25.2 Å². The molecule has 0 bridgehead atoms. The molecule has 0 radical (unpaired) electrons. The van der Waals surface area contributed by atoms with Crippen LogP contribution in [0.4, 0.5) is 0 Å². The zero-order chi connectivity index (χ0) is 9.26. The summed E-state index contributed by atoms with van der Waals surface area (Å²) in [5.74, 6) is 0.144. The summed E-state index contributed by atoms with van der Waals surface area (Å²) in [7, 11) is 0. The maximum atomic E-state index is 11.1. The van der Waals surface area contributed by atoms with Crippen molar-refractivity contribution in [1.82, 2.24) is 10.2 Å². The Hall–Kier alpha value is -0.610. The second-order valence-corrected chi connectivity index (χ2v) is 3.98. The summed E-state index contributed by atoms with van der Waals surface area (Å²) < 4.78 is 0. The lowest BCUT2D eigenvalue weighted by Crippen LogP contribution is -2.54. The molecule has 1 aliphatic heterocycles. The van der Waals surface area contributed by atoms with Gasteiger partial charge in [-0.25, -0.2) is 0 Å². The summed E-state index contributed by atoms with van der Waals surface area (Å²) in [5.41, 5.74) is 5.98. The van der Waals surface area contributed by atoms with Gasteiger partial charge in [0.05, 0.1) is 6.54 Å². The van der Waals surface area contributed by atoms with Crippen LogP contribution in [-0.4, -0.2) is 42.5 Å². The molecule has 13 heavy (non-hydrogen) atoms. The van der Waals surface area contributed by atoms with Gasteiger partial charge in [-0.1, -0.05) is 6.42 Å². The lowest BCUT2D eigenvalue weighted by Gasteiger charge is -2.33. The number of hydrogen-bond donors (Lipinski definition) is 2. The van der Waals surface area contributed by atoms with Gasteiger partial charge in [0.2, 0.25) is 5.91 Å². The Morgan fingerprint density at radius 3 is 2.92 bits per heavy atom. The van der Waals surface area contributed by atoms with Gasteiger partial charge in [-0.05, 0) is 12.8 Å². The molecule has 0 spiro atoms. The molecule has 2 atom stereocenters. The van der Waals surface area contributed by atoms with Gasteiger partial charge < -0.3 is 11.1 Å². The van der Waals surface area contributed by atoms with Crippen molar-refractivity contribution in [2.24, 2.45) is 5.73 Å². The molecule has 1 aliphatic carbocycles. The molecule has 2 aliphatic rings. The lowest BCUT2D eigenvalue weighted by molar-refractivity contribution is -0.124. The molecule has 4 heteroatoms. The molecule has 1 saturated heterocycles. The van der Waals surface area contributed by atoms with Gasteiger partial charge in [-0.3, -0.25) is 9.69 Å². The molecule has 4 nitrogen and oxygen atoms in total. The molecule has 1 heterocycles. The van der Waals surface area contributed by atoms with Gasteiger partial charge in [0.1, 0.15) is 0 Å². The van der Waals surface area contributed by atoms with Crippen LogP contribution in [0.25, 0.3) is 0 Å². The smallest absolute Gasteiger partial charge is 0.234 e. The molecule has 2 fully saturated rings. The highest BCUT2D eigenvalue weighted by Gasteiger charge is 2.31. The van der Waals surface area contributed by atoms with E-state index in [9.17, 15) is 4.79 Å². The maximum Gasteiger partial charge on any atom is 0.234 e. The zero-order valence-electron chi connectivity index (χ0n) is 7.83. The largest absolute Gasteiger partial charge is 0.354 e. The summed E-state index contributed by atoms with van der Waals surface area (Å²) in [4.78, 5) is 13.4. The topological polar surface area (TPSA) is 58.4 Å². The predicted octanol–water partition coefficient (Wildman–Crippen LogP) is -0.702. The van der Waals surface area contributed by atoms with E-state index < -0.39 is 0 Å². The van der Waals surface area contributed by atoms with Gasteiger partial charge in [0.15, 0.2) is 0 Å². The second kappa shape index (κ2) is 3.64. The Bertz CT molecular complexity index is 207. The number of nitrogens with one attached hydrogen (secondary N) is 1. The van der Waals surface area contributed by atoms with Crippen LogP contribution in [0.15, 0.2) is 0 Å². The number of nitrogens with zero attached hydrogens (tertiary/aromatic N) is 1. The molecule has 0 aromatic carbocycles. The van der Waals surface area contributed by atoms with E-state index in [4.69, 9.17) is 5.73 Å². The highest BCUT2D eigenvalue weighted by atomic mass is 16.2. The first-order chi connectivity index (χ1) is 6.27. The molecule has 1 saturated carbocycles. The van der Waals surface area contributed by atoms with Crippen LogP contribution in [-0.2, 0) is 4.79 Å². The first kappa shape index (κ1) is 8.97. The summed E-state index contributed by atoms with van der Waals surface area (Å²) in [6, 6.07) is 0.733. The maximum absolute atomic E-state index is 11.1. The number of piperazine rings is 1. The summed E-state index contributed by atoms with van der Waals surface area (Å²) in [5, 5.41) is 2.83. The van der Waals surface area contributed by atoms with Crippen LogP contribution in [0.5, 0.6) is 0 Å². The Balaban J connectivity index is 1.95. The molecule has 0 aromatic heterocycles. The van der Waals surface area contributed by atoms with E-state index in [0.717, 1.165) is 25.9 Å².